The van der Waals surface area contributed by atoms with E-state index in [-0.39, 0.29) is 6.61 Å². The van der Waals surface area contributed by atoms with Crippen molar-refractivity contribution in [3.8, 4) is 0 Å². The van der Waals surface area contributed by atoms with E-state index in [4.69, 9.17) is 10.1 Å². The summed E-state index contributed by atoms with van der Waals surface area (Å²) in [5, 5.41) is 10.3. The summed E-state index contributed by atoms with van der Waals surface area (Å²) in [7, 11) is 2.15. The summed E-state index contributed by atoms with van der Waals surface area (Å²) >= 11 is 1.79. The molecule has 20 heavy (non-hydrogen) atoms. The van der Waals surface area contributed by atoms with Gasteiger partial charge in [0.1, 0.15) is 5.01 Å². The van der Waals surface area contributed by atoms with Gasteiger partial charge in [-0.05, 0) is 25.6 Å². The van der Waals surface area contributed by atoms with Gasteiger partial charge in [-0.1, -0.05) is 12.1 Å². The molecule has 1 saturated heterocycles. The van der Waals surface area contributed by atoms with Crippen LogP contribution in [0.15, 0.2) is 24.3 Å². The minimum absolute atomic E-state index is 0.268. The van der Waals surface area contributed by atoms with Crippen molar-refractivity contribution in [1.82, 2.24) is 14.8 Å². The number of hydrogen-bond donors (Lipinski definition) is 1. The number of rotatable bonds is 4. The maximum Gasteiger partial charge on any atom is 0.108 e. The molecule has 4 nitrogen and oxygen atoms in total. The molecule has 0 saturated carbocycles. The minimum atomic E-state index is 0.268. The molecule has 1 atom stereocenters. The van der Waals surface area contributed by atoms with E-state index < -0.39 is 0 Å². The van der Waals surface area contributed by atoms with Crippen LogP contribution in [-0.2, 0) is 6.54 Å². The normalized spacial score (nSPS) is 21.6. The van der Waals surface area contributed by atoms with Gasteiger partial charge in [-0.2, -0.15) is 0 Å². The highest BCUT2D eigenvalue weighted by atomic mass is 32.1. The second-order valence-corrected chi connectivity index (χ2v) is 6.57. The van der Waals surface area contributed by atoms with Gasteiger partial charge < -0.3 is 10.0 Å². The molecule has 1 fully saturated rings. The van der Waals surface area contributed by atoms with E-state index in [1.54, 1.807) is 11.3 Å². The molecule has 1 unspecified atom stereocenters. The smallest absolute Gasteiger partial charge is 0.108 e. The highest BCUT2D eigenvalue weighted by molar-refractivity contribution is 7.18. The third-order valence-corrected chi connectivity index (χ3v) is 5.04. The topological polar surface area (TPSA) is 39.6 Å². The standard InChI is InChI=1S/C15H21N3OS/c1-17-7-8-18(10-12(17)6-9-19)11-15-16-13-4-2-3-5-14(13)20-15/h2-5,12,19H,6-11H2,1H3. The summed E-state index contributed by atoms with van der Waals surface area (Å²) in [4.78, 5) is 9.52. The van der Waals surface area contributed by atoms with Gasteiger partial charge in [0.25, 0.3) is 0 Å². The van der Waals surface area contributed by atoms with E-state index >= 15 is 0 Å². The summed E-state index contributed by atoms with van der Waals surface area (Å²) in [6.07, 6.45) is 0.854. The second kappa shape index (κ2) is 6.18. The van der Waals surface area contributed by atoms with Crippen LogP contribution in [-0.4, -0.2) is 59.2 Å². The molecule has 5 heteroatoms. The lowest BCUT2D eigenvalue weighted by atomic mass is 10.1. The van der Waals surface area contributed by atoms with Crippen LogP contribution in [0.2, 0.25) is 0 Å². The van der Waals surface area contributed by atoms with Gasteiger partial charge in [-0.25, -0.2) is 4.98 Å². The van der Waals surface area contributed by atoms with Crippen LogP contribution >= 0.6 is 11.3 Å². The minimum Gasteiger partial charge on any atom is -0.396 e. The number of nitrogens with zero attached hydrogens (tertiary/aromatic N) is 3. The highest BCUT2D eigenvalue weighted by Crippen LogP contribution is 2.23. The number of aliphatic hydroxyl groups excluding tert-OH is 1. The fourth-order valence-corrected chi connectivity index (χ4v) is 3.80. The van der Waals surface area contributed by atoms with Crippen molar-refractivity contribution in [2.24, 2.45) is 0 Å². The third-order valence-electron chi connectivity index (χ3n) is 4.02. The fraction of sp³-hybridized carbons (Fsp3) is 0.533. The van der Waals surface area contributed by atoms with Crippen molar-refractivity contribution < 1.29 is 5.11 Å². The Kier molecular flexibility index (Phi) is 4.31. The Bertz CT molecular complexity index is 538. The SMILES string of the molecule is CN1CCN(Cc2nc3ccccc3s2)CC1CCO. The number of para-hydroxylation sites is 1. The maximum absolute atomic E-state index is 9.15. The number of thiazole rings is 1. The number of likely N-dealkylation sites (N-methyl/N-ethyl adjacent to an activating group) is 1. The van der Waals surface area contributed by atoms with E-state index in [9.17, 15) is 0 Å². The van der Waals surface area contributed by atoms with Gasteiger partial charge in [0.15, 0.2) is 0 Å². The Morgan fingerprint density at radius 2 is 2.20 bits per heavy atom. The molecule has 0 amide bonds. The van der Waals surface area contributed by atoms with Crippen molar-refractivity contribution in [3.05, 3.63) is 29.3 Å². The van der Waals surface area contributed by atoms with Gasteiger partial charge in [-0.15, -0.1) is 11.3 Å². The van der Waals surface area contributed by atoms with Gasteiger partial charge >= 0.3 is 0 Å². The van der Waals surface area contributed by atoms with Gasteiger partial charge in [0, 0.05) is 32.3 Å². The molecule has 0 radical (unpaired) electrons. The molecule has 1 aliphatic rings. The molecule has 1 aromatic carbocycles. The van der Waals surface area contributed by atoms with E-state index in [1.807, 2.05) is 6.07 Å². The molecular weight excluding hydrogens is 270 g/mol. The first-order chi connectivity index (χ1) is 9.76. The van der Waals surface area contributed by atoms with Crippen molar-refractivity contribution in [2.45, 2.75) is 19.0 Å². The van der Waals surface area contributed by atoms with Crippen LogP contribution in [0, 0.1) is 0 Å². The van der Waals surface area contributed by atoms with Crippen LogP contribution in [0.1, 0.15) is 11.4 Å². The number of benzene rings is 1. The fourth-order valence-electron chi connectivity index (χ4n) is 2.79. The number of fused-ring (bicyclic) bond motifs is 1. The molecule has 1 aliphatic heterocycles. The first kappa shape index (κ1) is 13.9. The molecule has 0 bridgehead atoms. The average Bonchev–Trinajstić information content (AvgIpc) is 2.85. The third kappa shape index (κ3) is 3.01. The van der Waals surface area contributed by atoms with Gasteiger partial charge in [0.2, 0.25) is 0 Å². The predicted octanol–water partition coefficient (Wildman–Crippen LogP) is 1.79. The molecule has 2 aromatic rings. The monoisotopic (exact) mass is 291 g/mol. The summed E-state index contributed by atoms with van der Waals surface area (Å²) in [6, 6.07) is 8.78. The van der Waals surface area contributed by atoms with E-state index in [0.717, 1.165) is 38.1 Å². The number of aromatic nitrogens is 1. The molecule has 0 spiro atoms. The average molecular weight is 291 g/mol. The van der Waals surface area contributed by atoms with Crippen molar-refractivity contribution in [1.29, 1.82) is 0 Å². The lowest BCUT2D eigenvalue weighted by molar-refractivity contribution is 0.0743. The zero-order chi connectivity index (χ0) is 13.9. The van der Waals surface area contributed by atoms with Gasteiger partial charge in [0.05, 0.1) is 16.8 Å². The van der Waals surface area contributed by atoms with Crippen LogP contribution in [0.5, 0.6) is 0 Å². The Balaban J connectivity index is 1.67. The molecule has 108 valence electrons. The van der Waals surface area contributed by atoms with E-state index in [2.05, 4.69) is 35.0 Å². The van der Waals surface area contributed by atoms with Crippen LogP contribution in [0.25, 0.3) is 10.2 Å². The molecule has 1 N–H and O–H groups in total. The lowest BCUT2D eigenvalue weighted by Gasteiger charge is -2.39. The summed E-state index contributed by atoms with van der Waals surface area (Å²) in [5.74, 6) is 0. The number of aliphatic hydroxyl groups is 1. The first-order valence-corrected chi connectivity index (χ1v) is 7.96. The highest BCUT2D eigenvalue weighted by Gasteiger charge is 2.24. The van der Waals surface area contributed by atoms with Crippen molar-refractivity contribution >= 4 is 21.6 Å². The second-order valence-electron chi connectivity index (χ2n) is 5.46. The largest absolute Gasteiger partial charge is 0.396 e. The zero-order valence-corrected chi connectivity index (χ0v) is 12.6. The predicted molar refractivity (Wildman–Crippen MR) is 83.0 cm³/mol. The molecule has 1 aromatic heterocycles. The van der Waals surface area contributed by atoms with Crippen LogP contribution in [0.3, 0.4) is 0 Å². The summed E-state index contributed by atoms with van der Waals surface area (Å²) < 4.78 is 1.27. The molecule has 2 heterocycles. The Morgan fingerprint density at radius 1 is 1.35 bits per heavy atom. The Labute approximate surface area is 123 Å². The number of piperazine rings is 1. The summed E-state index contributed by atoms with van der Waals surface area (Å²) in [6.45, 7) is 4.36. The van der Waals surface area contributed by atoms with Crippen molar-refractivity contribution in [2.75, 3.05) is 33.3 Å². The number of hydrogen-bond acceptors (Lipinski definition) is 5. The first-order valence-electron chi connectivity index (χ1n) is 7.14. The Hall–Kier alpha value is -1.01. The van der Waals surface area contributed by atoms with Crippen LogP contribution < -0.4 is 0 Å². The van der Waals surface area contributed by atoms with E-state index in [0.29, 0.717) is 6.04 Å². The molecule has 3 rings (SSSR count). The van der Waals surface area contributed by atoms with Crippen LogP contribution in [0.4, 0.5) is 0 Å². The molecule has 0 aliphatic carbocycles. The van der Waals surface area contributed by atoms with E-state index in [1.165, 1.54) is 9.71 Å². The lowest BCUT2D eigenvalue weighted by Crippen LogP contribution is -2.51. The van der Waals surface area contributed by atoms with Gasteiger partial charge in [-0.3, -0.25) is 4.90 Å². The van der Waals surface area contributed by atoms with Crippen molar-refractivity contribution in [3.63, 3.8) is 0 Å². The summed E-state index contributed by atoms with van der Waals surface area (Å²) in [5.41, 5.74) is 1.11. The maximum atomic E-state index is 9.15. The quantitative estimate of drug-likeness (QED) is 0.932. The Morgan fingerprint density at radius 3 is 3.00 bits per heavy atom. The molecular formula is C15H21N3OS. The zero-order valence-electron chi connectivity index (χ0n) is 11.8.